The summed E-state index contributed by atoms with van der Waals surface area (Å²) in [5, 5.41) is 18.3. The molecule has 2 aromatic rings. The smallest absolute Gasteiger partial charge is 0.330 e. The highest BCUT2D eigenvalue weighted by Gasteiger charge is 2.21. The van der Waals surface area contributed by atoms with Crippen molar-refractivity contribution in [2.75, 3.05) is 0 Å². The van der Waals surface area contributed by atoms with Gasteiger partial charge in [-0.3, -0.25) is 0 Å². The second-order valence-electron chi connectivity index (χ2n) is 4.59. The zero-order chi connectivity index (χ0) is 15.2. The molecule has 1 heterocycles. The van der Waals surface area contributed by atoms with Gasteiger partial charge in [0, 0.05) is 6.54 Å². The van der Waals surface area contributed by atoms with Crippen LogP contribution in [0, 0.1) is 6.92 Å². The average molecular weight is 304 g/mol. The zero-order valence-corrected chi connectivity index (χ0v) is 12.3. The van der Waals surface area contributed by atoms with E-state index < -0.39 is 18.0 Å². The predicted molar refractivity (Wildman–Crippen MR) is 81.2 cm³/mol. The molecule has 0 spiro atoms. The summed E-state index contributed by atoms with van der Waals surface area (Å²) in [6.45, 7) is 2.34. The Hall–Kier alpha value is -2.34. The van der Waals surface area contributed by atoms with Crippen molar-refractivity contribution in [1.82, 2.24) is 10.6 Å². The van der Waals surface area contributed by atoms with Crippen LogP contribution in [0.25, 0.3) is 0 Å². The molecule has 2 amide bonds. The van der Waals surface area contributed by atoms with E-state index in [2.05, 4.69) is 10.6 Å². The molecule has 0 aliphatic rings. The molecule has 0 aliphatic carbocycles. The van der Waals surface area contributed by atoms with Crippen LogP contribution in [0.2, 0.25) is 0 Å². The van der Waals surface area contributed by atoms with Crippen molar-refractivity contribution in [3.8, 4) is 0 Å². The summed E-state index contributed by atoms with van der Waals surface area (Å²) in [6, 6.07) is 7.04. The number of carboxylic acids is 1. The molecule has 1 unspecified atom stereocenters. The maximum Gasteiger partial charge on any atom is 0.330 e. The second-order valence-corrected chi connectivity index (χ2v) is 5.33. The number of carbonyl (C=O) groups excluding carboxylic acids is 1. The average Bonchev–Trinajstić information content (AvgIpc) is 2.88. The molecule has 5 nitrogen and oxygen atoms in total. The van der Waals surface area contributed by atoms with Gasteiger partial charge in [0.2, 0.25) is 0 Å². The van der Waals surface area contributed by atoms with Crippen LogP contribution in [0.15, 0.2) is 41.1 Å². The van der Waals surface area contributed by atoms with Gasteiger partial charge in [0.05, 0.1) is 0 Å². The molecule has 1 aromatic heterocycles. The van der Waals surface area contributed by atoms with E-state index in [4.69, 9.17) is 0 Å². The SMILES string of the molecule is Cc1cscc1CNC(=O)NC(C(=O)O)c1ccccc1. The minimum atomic E-state index is -1.09. The number of hydrogen-bond donors (Lipinski definition) is 3. The molecular weight excluding hydrogens is 288 g/mol. The maximum absolute atomic E-state index is 11.9. The van der Waals surface area contributed by atoms with Crippen LogP contribution in [0.5, 0.6) is 0 Å². The van der Waals surface area contributed by atoms with Gasteiger partial charge in [-0.05, 0) is 34.4 Å². The van der Waals surface area contributed by atoms with Crippen molar-refractivity contribution in [2.45, 2.75) is 19.5 Å². The lowest BCUT2D eigenvalue weighted by Gasteiger charge is -2.15. The quantitative estimate of drug-likeness (QED) is 0.794. The standard InChI is InChI=1S/C15H16N2O3S/c1-10-8-21-9-12(10)7-16-15(20)17-13(14(18)19)11-5-3-2-4-6-11/h2-6,8-9,13H,7H2,1H3,(H,18,19)(H2,16,17,20). The number of aliphatic carboxylic acids is 1. The minimum absolute atomic E-state index is 0.377. The summed E-state index contributed by atoms with van der Waals surface area (Å²) in [5.41, 5.74) is 2.67. The molecule has 6 heteroatoms. The lowest BCUT2D eigenvalue weighted by Crippen LogP contribution is -2.40. The van der Waals surface area contributed by atoms with Crippen molar-refractivity contribution in [1.29, 1.82) is 0 Å². The normalized spacial score (nSPS) is 11.7. The summed E-state index contributed by atoms with van der Waals surface area (Å²) in [6.07, 6.45) is 0. The van der Waals surface area contributed by atoms with Crippen LogP contribution in [-0.4, -0.2) is 17.1 Å². The molecule has 0 saturated carbocycles. The number of rotatable bonds is 5. The number of hydrogen-bond acceptors (Lipinski definition) is 3. The Morgan fingerprint density at radius 2 is 1.95 bits per heavy atom. The van der Waals surface area contributed by atoms with Crippen LogP contribution >= 0.6 is 11.3 Å². The van der Waals surface area contributed by atoms with E-state index >= 15 is 0 Å². The summed E-state index contributed by atoms with van der Waals surface area (Å²) in [4.78, 5) is 23.1. The number of urea groups is 1. The topological polar surface area (TPSA) is 78.4 Å². The molecule has 2 rings (SSSR count). The third kappa shape index (κ3) is 4.06. The van der Waals surface area contributed by atoms with Crippen LogP contribution in [-0.2, 0) is 11.3 Å². The molecule has 21 heavy (non-hydrogen) atoms. The van der Waals surface area contributed by atoms with Gasteiger partial charge in [0.25, 0.3) is 0 Å². The molecule has 1 atom stereocenters. The number of nitrogens with one attached hydrogen (secondary N) is 2. The van der Waals surface area contributed by atoms with Crippen LogP contribution in [0.1, 0.15) is 22.7 Å². The van der Waals surface area contributed by atoms with Crippen LogP contribution < -0.4 is 10.6 Å². The van der Waals surface area contributed by atoms with Gasteiger partial charge in [0.1, 0.15) is 0 Å². The van der Waals surface area contributed by atoms with Crippen molar-refractivity contribution >= 4 is 23.3 Å². The van der Waals surface area contributed by atoms with Crippen molar-refractivity contribution in [3.63, 3.8) is 0 Å². The Labute approximate surface area is 126 Å². The number of thiophene rings is 1. The monoisotopic (exact) mass is 304 g/mol. The van der Waals surface area contributed by atoms with Gasteiger partial charge in [-0.1, -0.05) is 30.3 Å². The molecule has 110 valence electrons. The Morgan fingerprint density at radius 1 is 1.24 bits per heavy atom. The van der Waals surface area contributed by atoms with Gasteiger partial charge >= 0.3 is 12.0 Å². The van der Waals surface area contributed by atoms with E-state index in [9.17, 15) is 14.7 Å². The first-order chi connectivity index (χ1) is 10.1. The molecule has 0 aliphatic heterocycles. The van der Waals surface area contributed by atoms with Gasteiger partial charge in [-0.25, -0.2) is 9.59 Å². The van der Waals surface area contributed by atoms with Crippen molar-refractivity contribution < 1.29 is 14.7 Å². The van der Waals surface area contributed by atoms with E-state index in [1.807, 2.05) is 17.7 Å². The maximum atomic E-state index is 11.9. The van der Waals surface area contributed by atoms with Crippen LogP contribution in [0.3, 0.4) is 0 Å². The van der Waals surface area contributed by atoms with Crippen LogP contribution in [0.4, 0.5) is 4.79 Å². The van der Waals surface area contributed by atoms with E-state index in [0.717, 1.165) is 11.1 Å². The lowest BCUT2D eigenvalue weighted by molar-refractivity contribution is -0.139. The highest BCUT2D eigenvalue weighted by atomic mass is 32.1. The first kappa shape index (κ1) is 15.1. The van der Waals surface area contributed by atoms with Crippen molar-refractivity contribution in [2.24, 2.45) is 0 Å². The van der Waals surface area contributed by atoms with E-state index in [0.29, 0.717) is 12.1 Å². The highest BCUT2D eigenvalue weighted by Crippen LogP contribution is 2.14. The minimum Gasteiger partial charge on any atom is -0.479 e. The molecule has 1 aromatic carbocycles. The van der Waals surface area contributed by atoms with Gasteiger partial charge in [0.15, 0.2) is 6.04 Å². The first-order valence-electron chi connectivity index (χ1n) is 6.41. The Balaban J connectivity index is 1.96. The summed E-state index contributed by atoms with van der Waals surface area (Å²) in [7, 11) is 0. The van der Waals surface area contributed by atoms with Gasteiger partial charge in [-0.2, -0.15) is 11.3 Å². The Bertz CT molecular complexity index is 625. The largest absolute Gasteiger partial charge is 0.479 e. The Morgan fingerprint density at radius 3 is 2.52 bits per heavy atom. The fourth-order valence-electron chi connectivity index (χ4n) is 1.86. The van der Waals surface area contributed by atoms with Gasteiger partial charge < -0.3 is 15.7 Å². The van der Waals surface area contributed by atoms with E-state index in [1.165, 1.54) is 0 Å². The van der Waals surface area contributed by atoms with E-state index in [1.54, 1.807) is 41.7 Å². The number of carbonyl (C=O) groups is 2. The molecular formula is C15H16N2O3S. The van der Waals surface area contributed by atoms with Gasteiger partial charge in [-0.15, -0.1) is 0 Å². The highest BCUT2D eigenvalue weighted by molar-refractivity contribution is 7.08. The fraction of sp³-hybridized carbons (Fsp3) is 0.200. The summed E-state index contributed by atoms with van der Waals surface area (Å²) >= 11 is 1.57. The summed E-state index contributed by atoms with van der Waals surface area (Å²) < 4.78 is 0. The van der Waals surface area contributed by atoms with Crippen molar-refractivity contribution in [3.05, 3.63) is 57.8 Å². The molecule has 3 N–H and O–H groups in total. The lowest BCUT2D eigenvalue weighted by atomic mass is 10.1. The second kappa shape index (κ2) is 6.90. The third-order valence-corrected chi connectivity index (χ3v) is 3.97. The number of carboxylic acid groups (broad SMARTS) is 1. The van der Waals surface area contributed by atoms with E-state index in [-0.39, 0.29) is 0 Å². The first-order valence-corrected chi connectivity index (χ1v) is 7.36. The number of aryl methyl sites for hydroxylation is 1. The number of benzene rings is 1. The predicted octanol–water partition coefficient (Wildman–Crippen LogP) is 2.68. The molecule has 0 fully saturated rings. The molecule has 0 bridgehead atoms. The fourth-order valence-corrected chi connectivity index (χ4v) is 2.72. The molecule has 0 radical (unpaired) electrons. The third-order valence-electron chi connectivity index (χ3n) is 3.06. The zero-order valence-electron chi connectivity index (χ0n) is 11.5. The summed E-state index contributed by atoms with van der Waals surface area (Å²) in [5.74, 6) is -1.09. The molecule has 0 saturated heterocycles. The number of amides is 2. The Kier molecular flexibility index (Phi) is 4.94.